The van der Waals surface area contributed by atoms with Crippen molar-refractivity contribution in [3.63, 3.8) is 0 Å². The Hall–Kier alpha value is -3.18. The number of benzene rings is 2. The van der Waals surface area contributed by atoms with Gasteiger partial charge in [-0.3, -0.25) is 9.52 Å². The van der Waals surface area contributed by atoms with Crippen molar-refractivity contribution in [1.82, 2.24) is 15.0 Å². The van der Waals surface area contributed by atoms with Crippen LogP contribution in [-0.2, 0) is 10.0 Å². The second-order valence-electron chi connectivity index (χ2n) is 7.73. The number of carbonyl (C=O) groups excluding carboxylic acids is 1. The molecule has 2 aromatic carbocycles. The molecule has 172 valence electrons. The number of anilines is 1. The predicted molar refractivity (Wildman–Crippen MR) is 125 cm³/mol. The minimum absolute atomic E-state index is 0.000144. The van der Waals surface area contributed by atoms with E-state index in [-0.39, 0.29) is 21.6 Å². The SMILES string of the molecule is CCOc1ccc2nc(NS(=O)(=O)c3ccc4onc(C(=O)N5CCCCC5)c4c3)sc2c1. The fraction of sp³-hybridized carbons (Fsp3) is 0.318. The zero-order chi connectivity index (χ0) is 23.0. The van der Waals surface area contributed by atoms with Crippen LogP contribution in [-0.4, -0.2) is 49.1 Å². The van der Waals surface area contributed by atoms with Crippen LogP contribution in [0.2, 0.25) is 0 Å². The molecule has 1 fully saturated rings. The minimum atomic E-state index is -3.95. The summed E-state index contributed by atoms with van der Waals surface area (Å²) >= 11 is 1.22. The summed E-state index contributed by atoms with van der Waals surface area (Å²) in [5, 5.41) is 4.54. The van der Waals surface area contributed by atoms with Crippen LogP contribution in [0, 0.1) is 0 Å². The first-order valence-corrected chi connectivity index (χ1v) is 13.0. The summed E-state index contributed by atoms with van der Waals surface area (Å²) in [6.07, 6.45) is 2.98. The fourth-order valence-electron chi connectivity index (χ4n) is 3.86. The zero-order valence-electron chi connectivity index (χ0n) is 17.9. The van der Waals surface area contributed by atoms with E-state index in [1.165, 1.54) is 29.5 Å². The van der Waals surface area contributed by atoms with Crippen LogP contribution in [0.15, 0.2) is 45.8 Å². The highest BCUT2D eigenvalue weighted by Crippen LogP contribution is 2.31. The molecule has 0 bridgehead atoms. The fourth-order valence-corrected chi connectivity index (χ4v) is 6.02. The first kappa shape index (κ1) is 21.7. The average Bonchev–Trinajstić information content (AvgIpc) is 3.41. The largest absolute Gasteiger partial charge is 0.494 e. The number of rotatable bonds is 6. The van der Waals surface area contributed by atoms with E-state index in [9.17, 15) is 13.2 Å². The number of piperidine rings is 1. The molecule has 0 unspecified atom stereocenters. The minimum Gasteiger partial charge on any atom is -0.494 e. The number of nitrogens with zero attached hydrogens (tertiary/aromatic N) is 3. The maximum Gasteiger partial charge on any atom is 0.276 e. The van der Waals surface area contributed by atoms with Gasteiger partial charge in [-0.1, -0.05) is 16.5 Å². The van der Waals surface area contributed by atoms with E-state index in [4.69, 9.17) is 9.26 Å². The van der Waals surface area contributed by atoms with E-state index in [1.807, 2.05) is 13.0 Å². The number of carbonyl (C=O) groups is 1. The number of thiazole rings is 1. The van der Waals surface area contributed by atoms with Crippen molar-refractivity contribution in [1.29, 1.82) is 0 Å². The number of ether oxygens (including phenoxy) is 1. The van der Waals surface area contributed by atoms with Gasteiger partial charge in [0.2, 0.25) is 0 Å². The average molecular weight is 487 g/mol. The molecule has 2 aromatic heterocycles. The smallest absolute Gasteiger partial charge is 0.276 e. The predicted octanol–water partition coefficient (Wildman–Crippen LogP) is 4.26. The Morgan fingerprint density at radius 3 is 2.79 bits per heavy atom. The van der Waals surface area contributed by atoms with Gasteiger partial charge in [0.15, 0.2) is 16.4 Å². The molecule has 0 radical (unpaired) electrons. The van der Waals surface area contributed by atoms with Crippen molar-refractivity contribution in [3.05, 3.63) is 42.1 Å². The van der Waals surface area contributed by atoms with E-state index < -0.39 is 10.0 Å². The number of amides is 1. The van der Waals surface area contributed by atoms with Gasteiger partial charge in [0.1, 0.15) is 5.75 Å². The molecular formula is C22H22N4O5S2. The number of hydrogen-bond acceptors (Lipinski definition) is 8. The van der Waals surface area contributed by atoms with Gasteiger partial charge in [0.05, 0.1) is 27.1 Å². The summed E-state index contributed by atoms with van der Waals surface area (Å²) in [6.45, 7) is 3.76. The molecule has 0 saturated carbocycles. The molecule has 1 aliphatic rings. The summed E-state index contributed by atoms with van der Waals surface area (Å²) < 4.78 is 40.3. The van der Waals surface area contributed by atoms with Crippen LogP contribution in [0.4, 0.5) is 5.13 Å². The normalized spacial score (nSPS) is 14.6. The van der Waals surface area contributed by atoms with E-state index in [0.717, 1.165) is 24.0 Å². The lowest BCUT2D eigenvalue weighted by Crippen LogP contribution is -2.35. The van der Waals surface area contributed by atoms with Crippen molar-refractivity contribution in [3.8, 4) is 5.75 Å². The number of hydrogen-bond donors (Lipinski definition) is 1. The van der Waals surface area contributed by atoms with Gasteiger partial charge in [-0.25, -0.2) is 13.4 Å². The van der Waals surface area contributed by atoms with E-state index in [1.54, 1.807) is 17.0 Å². The van der Waals surface area contributed by atoms with Crippen LogP contribution >= 0.6 is 11.3 Å². The molecule has 1 aliphatic heterocycles. The number of sulfonamides is 1. The molecule has 0 atom stereocenters. The number of likely N-dealkylation sites (tertiary alicyclic amines) is 1. The molecule has 33 heavy (non-hydrogen) atoms. The molecule has 5 rings (SSSR count). The second-order valence-corrected chi connectivity index (χ2v) is 10.4. The molecule has 4 aromatic rings. The molecular weight excluding hydrogens is 464 g/mol. The maximum absolute atomic E-state index is 13.1. The number of nitrogens with one attached hydrogen (secondary N) is 1. The van der Waals surface area contributed by atoms with Gasteiger partial charge in [-0.2, -0.15) is 0 Å². The number of aromatic nitrogens is 2. The Balaban J connectivity index is 1.44. The maximum atomic E-state index is 13.1. The zero-order valence-corrected chi connectivity index (χ0v) is 19.5. The van der Waals surface area contributed by atoms with Gasteiger partial charge in [0, 0.05) is 13.1 Å². The molecule has 3 heterocycles. The summed E-state index contributed by atoms with van der Waals surface area (Å²) in [5.74, 6) is 0.458. The molecule has 0 aliphatic carbocycles. The third-order valence-corrected chi connectivity index (χ3v) is 7.89. The highest BCUT2D eigenvalue weighted by molar-refractivity contribution is 7.93. The van der Waals surface area contributed by atoms with Crippen molar-refractivity contribution in [2.24, 2.45) is 0 Å². The Bertz CT molecular complexity index is 1440. The van der Waals surface area contributed by atoms with Crippen LogP contribution in [0.1, 0.15) is 36.7 Å². The Kier molecular flexibility index (Phi) is 5.67. The summed E-state index contributed by atoms with van der Waals surface area (Å²) in [7, 11) is -3.95. The Labute approximate surface area is 194 Å². The summed E-state index contributed by atoms with van der Waals surface area (Å²) in [5.41, 5.74) is 1.16. The van der Waals surface area contributed by atoms with Crippen molar-refractivity contribution >= 4 is 53.6 Å². The number of fused-ring (bicyclic) bond motifs is 2. The van der Waals surface area contributed by atoms with Crippen LogP contribution < -0.4 is 9.46 Å². The first-order valence-electron chi connectivity index (χ1n) is 10.7. The van der Waals surface area contributed by atoms with Crippen molar-refractivity contribution < 1.29 is 22.5 Å². The first-order chi connectivity index (χ1) is 15.9. The lowest BCUT2D eigenvalue weighted by molar-refractivity contribution is 0.0715. The van der Waals surface area contributed by atoms with E-state index in [2.05, 4.69) is 14.9 Å². The van der Waals surface area contributed by atoms with E-state index in [0.29, 0.717) is 41.9 Å². The molecule has 0 spiro atoms. The standard InChI is InChI=1S/C22H22N4O5S2/c1-2-30-14-6-8-17-19(12-14)32-22(23-17)25-33(28,29)15-7-9-18-16(13-15)20(24-31-18)21(27)26-10-4-3-5-11-26/h6-9,12-13H,2-5,10-11H2,1H3,(H,23,25). The topological polar surface area (TPSA) is 115 Å². The highest BCUT2D eigenvalue weighted by atomic mass is 32.2. The third kappa shape index (κ3) is 4.25. The van der Waals surface area contributed by atoms with Gasteiger partial charge in [0.25, 0.3) is 15.9 Å². The lowest BCUT2D eigenvalue weighted by Gasteiger charge is -2.25. The van der Waals surface area contributed by atoms with E-state index >= 15 is 0 Å². The van der Waals surface area contributed by atoms with Gasteiger partial charge in [-0.05, 0) is 62.6 Å². The van der Waals surface area contributed by atoms with Gasteiger partial charge in [-0.15, -0.1) is 0 Å². The molecule has 1 amide bonds. The lowest BCUT2D eigenvalue weighted by atomic mass is 10.1. The van der Waals surface area contributed by atoms with Crippen molar-refractivity contribution in [2.45, 2.75) is 31.1 Å². The Morgan fingerprint density at radius 2 is 2.00 bits per heavy atom. The van der Waals surface area contributed by atoms with Crippen LogP contribution in [0.25, 0.3) is 21.2 Å². The Morgan fingerprint density at radius 1 is 1.18 bits per heavy atom. The second kappa shape index (κ2) is 8.64. The van der Waals surface area contributed by atoms with Crippen LogP contribution in [0.3, 0.4) is 0 Å². The van der Waals surface area contributed by atoms with Gasteiger partial charge < -0.3 is 14.2 Å². The molecule has 1 saturated heterocycles. The third-order valence-electron chi connectivity index (χ3n) is 5.49. The molecule has 9 nitrogen and oxygen atoms in total. The highest BCUT2D eigenvalue weighted by Gasteiger charge is 2.25. The molecule has 1 N–H and O–H groups in total. The molecule has 11 heteroatoms. The van der Waals surface area contributed by atoms with Crippen molar-refractivity contribution in [2.75, 3.05) is 24.4 Å². The quantitative estimate of drug-likeness (QED) is 0.433. The van der Waals surface area contributed by atoms with Gasteiger partial charge >= 0.3 is 0 Å². The summed E-state index contributed by atoms with van der Waals surface area (Å²) in [4.78, 5) is 19.0. The monoisotopic (exact) mass is 486 g/mol. The van der Waals surface area contributed by atoms with Crippen LogP contribution in [0.5, 0.6) is 5.75 Å². The summed E-state index contributed by atoms with van der Waals surface area (Å²) in [6, 6.07) is 9.77.